The van der Waals surface area contributed by atoms with Crippen molar-refractivity contribution >= 4 is 23.0 Å². The molecule has 1 aromatic carbocycles. The highest BCUT2D eigenvalue weighted by molar-refractivity contribution is 5.76. The molecule has 0 unspecified atom stereocenters. The second-order valence-corrected chi connectivity index (χ2v) is 10.2. The van der Waals surface area contributed by atoms with Gasteiger partial charge in [0.05, 0.1) is 36.9 Å². The fourth-order valence-electron chi connectivity index (χ4n) is 5.03. The van der Waals surface area contributed by atoms with Crippen molar-refractivity contribution in [3.05, 3.63) is 30.6 Å². The van der Waals surface area contributed by atoms with Crippen LogP contribution in [-0.2, 0) is 13.1 Å². The maximum absolute atomic E-state index is 5.72. The van der Waals surface area contributed by atoms with Crippen molar-refractivity contribution in [1.29, 1.82) is 0 Å². The van der Waals surface area contributed by atoms with Gasteiger partial charge in [-0.1, -0.05) is 44.6 Å². The molecule has 0 saturated carbocycles. The topological polar surface area (TPSA) is 92.0 Å². The van der Waals surface area contributed by atoms with E-state index in [1.165, 1.54) is 49.9 Å². The monoisotopic (exact) mass is 660 g/mol. The van der Waals surface area contributed by atoms with Crippen LogP contribution < -0.4 is 67.6 Å². The Balaban J connectivity index is 0.00000507. The van der Waals surface area contributed by atoms with E-state index in [0.29, 0.717) is 13.1 Å². The number of aromatic nitrogens is 2. The predicted octanol–water partition coefficient (Wildman–Crippen LogP) is -3.31. The third kappa shape index (κ3) is 11.8. The first kappa shape index (κ1) is 38.6. The summed E-state index contributed by atoms with van der Waals surface area (Å²) in [4.78, 5) is 5.12. The number of halogens is 3. The lowest BCUT2D eigenvalue weighted by molar-refractivity contribution is -0.684. The molecule has 0 aliphatic carbocycles. The van der Waals surface area contributed by atoms with Crippen LogP contribution in [0.5, 0.6) is 0 Å². The summed E-state index contributed by atoms with van der Waals surface area (Å²) < 4.78 is 4.40. The second-order valence-electron chi connectivity index (χ2n) is 10.2. The lowest BCUT2D eigenvalue weighted by Gasteiger charge is -2.39. The van der Waals surface area contributed by atoms with Crippen LogP contribution in [0.2, 0.25) is 0 Å². The van der Waals surface area contributed by atoms with Gasteiger partial charge in [-0.2, -0.15) is 0 Å². The fraction of sp³-hybridized carbons (Fsp3) is 0.690. The highest BCUT2D eigenvalue weighted by Gasteiger charge is 2.23. The third-order valence-corrected chi connectivity index (χ3v) is 7.24. The summed E-state index contributed by atoms with van der Waals surface area (Å²) in [5, 5.41) is 9.53. The molecule has 3 rings (SSSR count). The van der Waals surface area contributed by atoms with Gasteiger partial charge in [-0.3, -0.25) is 0 Å². The Morgan fingerprint density at radius 1 is 0.750 bits per heavy atom. The Morgan fingerprint density at radius 2 is 1.35 bits per heavy atom. The van der Waals surface area contributed by atoms with Gasteiger partial charge in [0.25, 0.3) is 0 Å². The summed E-state index contributed by atoms with van der Waals surface area (Å²) in [6.07, 6.45) is 15.9. The maximum atomic E-state index is 5.72. The summed E-state index contributed by atoms with van der Waals surface area (Å²) >= 11 is 0. The standard InChI is InChI=1S/C29H51N8.BrH.2ClH/c1-3-5-9-17-34-21-22-35(18-10-6-4-2)28-25-26(13-14-27(28)34)32-33-29-36(19-11-7-15-30)23-24-37(29)20-12-8-16-31;;;/h13-14,23-25H,3-12,15-22,30-31H2,1-2H3;3*1H/q+1;;;/p-3. The van der Waals surface area contributed by atoms with E-state index >= 15 is 0 Å². The van der Waals surface area contributed by atoms with E-state index < -0.39 is 0 Å². The Labute approximate surface area is 265 Å². The number of aryl methyl sites for hydroxylation is 2. The number of anilines is 2. The SMILES string of the molecule is CCCCCN1CCN(CCCCC)c2cc(N=Nc3n(CCCCN)cc[n+]3CCCCN)ccc21.[Br-].[Cl-].[Cl-]. The average Bonchev–Trinajstić information content (AvgIpc) is 3.30. The molecule has 0 spiro atoms. The molecule has 4 N–H and O–H groups in total. The molecule has 8 nitrogen and oxygen atoms in total. The summed E-state index contributed by atoms with van der Waals surface area (Å²) in [6.45, 7) is 12.2. The van der Waals surface area contributed by atoms with Gasteiger partial charge in [0.2, 0.25) is 0 Å². The van der Waals surface area contributed by atoms with Crippen LogP contribution in [0.3, 0.4) is 0 Å². The molecule has 0 fully saturated rings. The van der Waals surface area contributed by atoms with Gasteiger partial charge < -0.3 is 63.1 Å². The molecular weight excluding hydrogens is 611 g/mol. The number of hydrogen-bond acceptors (Lipinski definition) is 6. The molecule has 0 radical (unpaired) electrons. The third-order valence-electron chi connectivity index (χ3n) is 7.24. The number of imidazole rings is 1. The van der Waals surface area contributed by atoms with Gasteiger partial charge in [0.15, 0.2) is 0 Å². The van der Waals surface area contributed by atoms with Gasteiger partial charge >= 0.3 is 5.95 Å². The molecule has 0 amide bonds. The highest BCUT2D eigenvalue weighted by atomic mass is 79.9. The number of benzene rings is 1. The largest absolute Gasteiger partial charge is 1.00 e. The zero-order valence-electron chi connectivity index (χ0n) is 24.6. The fourth-order valence-corrected chi connectivity index (χ4v) is 5.03. The van der Waals surface area contributed by atoms with Crippen LogP contribution >= 0.6 is 0 Å². The van der Waals surface area contributed by atoms with Crippen LogP contribution in [-0.4, -0.2) is 43.8 Å². The minimum Gasteiger partial charge on any atom is -1.00 e. The number of nitrogens with two attached hydrogens (primary N) is 2. The summed E-state index contributed by atoms with van der Waals surface area (Å²) in [6, 6.07) is 6.64. The van der Waals surface area contributed by atoms with Crippen LogP contribution in [0.4, 0.5) is 23.0 Å². The van der Waals surface area contributed by atoms with Gasteiger partial charge in [0, 0.05) is 31.3 Å². The van der Waals surface area contributed by atoms with Gasteiger partial charge in [0.1, 0.15) is 5.69 Å². The van der Waals surface area contributed by atoms with Crippen molar-refractivity contribution in [2.75, 3.05) is 49.1 Å². The Bertz CT molecular complexity index is 929. The molecule has 0 bridgehead atoms. The van der Waals surface area contributed by atoms with Crippen molar-refractivity contribution < 1.29 is 46.4 Å². The van der Waals surface area contributed by atoms with Crippen molar-refractivity contribution in [2.24, 2.45) is 21.7 Å². The van der Waals surface area contributed by atoms with Gasteiger partial charge in [-0.15, -0.1) is 0 Å². The quantitative estimate of drug-likeness (QED) is 0.0995. The van der Waals surface area contributed by atoms with E-state index in [2.05, 4.69) is 63.4 Å². The number of rotatable bonds is 18. The molecule has 0 saturated heterocycles. The Kier molecular flexibility index (Phi) is 21.5. The molecule has 0 atom stereocenters. The van der Waals surface area contributed by atoms with E-state index in [4.69, 9.17) is 21.7 Å². The zero-order chi connectivity index (χ0) is 26.3. The van der Waals surface area contributed by atoms with Gasteiger partial charge in [-0.05, 0) is 69.8 Å². The second kappa shape index (κ2) is 22.2. The smallest absolute Gasteiger partial charge is 0.421 e. The van der Waals surface area contributed by atoms with Crippen LogP contribution in [0.15, 0.2) is 40.8 Å². The first-order valence-corrected chi connectivity index (χ1v) is 14.8. The van der Waals surface area contributed by atoms with Gasteiger partial charge in [-0.25, -0.2) is 9.13 Å². The Hall–Kier alpha value is -1.39. The molecule has 11 heteroatoms. The highest BCUT2D eigenvalue weighted by Crippen LogP contribution is 2.37. The molecule has 230 valence electrons. The van der Waals surface area contributed by atoms with E-state index in [9.17, 15) is 0 Å². The van der Waals surface area contributed by atoms with E-state index in [1.807, 2.05) is 0 Å². The van der Waals surface area contributed by atoms with E-state index in [1.54, 1.807) is 0 Å². The first-order valence-electron chi connectivity index (χ1n) is 14.8. The number of fused-ring (bicyclic) bond motifs is 1. The van der Waals surface area contributed by atoms with Crippen molar-refractivity contribution in [3.63, 3.8) is 0 Å². The Morgan fingerprint density at radius 3 is 1.98 bits per heavy atom. The summed E-state index contributed by atoms with van der Waals surface area (Å²) in [5.41, 5.74) is 15.0. The number of nitrogens with zero attached hydrogens (tertiary/aromatic N) is 6. The van der Waals surface area contributed by atoms with Crippen LogP contribution in [0.1, 0.15) is 78.1 Å². The summed E-state index contributed by atoms with van der Waals surface area (Å²) in [7, 11) is 0. The van der Waals surface area contributed by atoms with E-state index in [-0.39, 0.29) is 41.8 Å². The summed E-state index contributed by atoms with van der Waals surface area (Å²) in [5.74, 6) is 0.896. The van der Waals surface area contributed by atoms with Crippen molar-refractivity contribution in [3.8, 4) is 0 Å². The average molecular weight is 663 g/mol. The lowest BCUT2D eigenvalue weighted by atomic mass is 10.1. The molecule has 1 aliphatic rings. The van der Waals surface area contributed by atoms with Crippen molar-refractivity contribution in [1.82, 2.24) is 4.57 Å². The number of azo groups is 1. The number of unbranched alkanes of at least 4 members (excludes halogenated alkanes) is 6. The minimum atomic E-state index is 0. The molecule has 2 aromatic rings. The van der Waals surface area contributed by atoms with Crippen LogP contribution in [0, 0.1) is 0 Å². The lowest BCUT2D eigenvalue weighted by Crippen LogP contribution is -3.00. The predicted molar refractivity (Wildman–Crippen MR) is 155 cm³/mol. The molecule has 2 heterocycles. The first-order chi connectivity index (χ1) is 18.2. The maximum Gasteiger partial charge on any atom is 0.421 e. The number of hydrogen-bond donors (Lipinski definition) is 2. The normalized spacial score (nSPS) is 12.6. The van der Waals surface area contributed by atoms with Crippen LogP contribution in [0.25, 0.3) is 0 Å². The molecular formula is C29H51BrCl2N8-2. The molecule has 40 heavy (non-hydrogen) atoms. The zero-order valence-corrected chi connectivity index (χ0v) is 27.7. The van der Waals surface area contributed by atoms with Crippen molar-refractivity contribution in [2.45, 2.75) is 91.1 Å². The van der Waals surface area contributed by atoms with E-state index in [0.717, 1.165) is 76.6 Å². The molecule has 1 aliphatic heterocycles. The minimum absolute atomic E-state index is 0. The molecule has 1 aromatic heterocycles.